The zero-order valence-electron chi connectivity index (χ0n) is 72.3. The molecule has 0 unspecified atom stereocenters. The molecule has 0 saturated heterocycles. The molecule has 5 aromatic rings. The Kier molecular flexibility index (Phi) is 51.4. The third-order valence-electron chi connectivity index (χ3n) is 19.0. The maximum Gasteiger partial charge on any atom is 0.485 e. The molecular formula is C73H80F41I5O15S5. The minimum atomic E-state index is -8.92. The van der Waals surface area contributed by atoms with Crippen LogP contribution < -0.4 is 113 Å². The lowest BCUT2D eigenvalue weighted by molar-refractivity contribution is -0.458. The van der Waals surface area contributed by atoms with Crippen molar-refractivity contribution in [3.63, 3.8) is 0 Å². The normalized spacial score (nSPS) is 14.1. The first kappa shape index (κ1) is 144. The van der Waals surface area contributed by atoms with E-state index in [9.17, 15) is 232 Å². The summed E-state index contributed by atoms with van der Waals surface area (Å²) in [5.74, 6) is -73.9. The lowest BCUT2D eigenvalue weighted by atomic mass is 9.82. The van der Waals surface area contributed by atoms with Crippen molar-refractivity contribution in [2.75, 3.05) is 0 Å². The molecule has 0 radical (unpaired) electrons. The average molecular weight is 2770 g/mol. The van der Waals surface area contributed by atoms with E-state index in [0.29, 0.717) is 27.1 Å². The van der Waals surface area contributed by atoms with Crippen LogP contribution >= 0.6 is 0 Å². The molecule has 0 aliphatic heterocycles. The van der Waals surface area contributed by atoms with Gasteiger partial charge in [0.1, 0.15) is 0 Å². The van der Waals surface area contributed by atoms with Crippen LogP contribution in [0.4, 0.5) is 180 Å². The van der Waals surface area contributed by atoms with Crippen molar-refractivity contribution in [1.82, 2.24) is 0 Å². The van der Waals surface area contributed by atoms with E-state index in [1.54, 1.807) is 0 Å². The first-order valence-corrected chi connectivity index (χ1v) is 49.1. The van der Waals surface area contributed by atoms with Gasteiger partial charge in [0, 0.05) is 0 Å². The van der Waals surface area contributed by atoms with Gasteiger partial charge in [0.2, 0.25) is 0 Å². The maximum atomic E-state index is 13.0. The van der Waals surface area contributed by atoms with E-state index in [1.165, 1.54) is 77.8 Å². The topological polar surface area (TPSA) is 286 Å². The smallest absolute Gasteiger partial charge is 0.485 e. The molecule has 0 aliphatic carbocycles. The van der Waals surface area contributed by atoms with Crippen LogP contribution in [0.15, 0.2) is 121 Å². The van der Waals surface area contributed by atoms with Gasteiger partial charge in [-0.25, -0.2) is 42.1 Å². The van der Waals surface area contributed by atoms with Gasteiger partial charge >= 0.3 is 105 Å². The summed E-state index contributed by atoms with van der Waals surface area (Å²) in [6, 6.07) is 44.3. The quantitative estimate of drug-likeness (QED) is 0.0262. The Morgan fingerprint density at radius 1 is 0.187 bits per heavy atom. The highest BCUT2D eigenvalue weighted by atomic mass is 127. The lowest BCUT2D eigenvalue weighted by Crippen LogP contribution is -3.34. The Balaban J connectivity index is -0.000000489. The molecule has 0 aromatic heterocycles. The maximum absolute atomic E-state index is 13.0. The summed E-state index contributed by atoms with van der Waals surface area (Å²) in [5, 5.41) is -28.0. The molecule has 0 heterocycles. The third kappa shape index (κ3) is 36.7. The fourth-order valence-electron chi connectivity index (χ4n) is 7.84. The first-order chi connectivity index (χ1) is 60.3. The van der Waals surface area contributed by atoms with E-state index in [0.717, 1.165) is 0 Å². The van der Waals surface area contributed by atoms with E-state index < -0.39 is 155 Å². The summed E-state index contributed by atoms with van der Waals surface area (Å²) in [7, 11) is -35.4. The van der Waals surface area contributed by atoms with Crippen molar-refractivity contribution < 1.29 is 358 Å². The molecule has 0 atom stereocenters. The number of hydrogen-bond donors (Lipinski definition) is 0. The van der Waals surface area contributed by atoms with Gasteiger partial charge in [-0.15, -0.1) is 0 Å². The van der Waals surface area contributed by atoms with Gasteiger partial charge in [-0.2, -0.15) is 180 Å². The van der Waals surface area contributed by atoms with Crippen molar-refractivity contribution >= 4 is 50.6 Å². The van der Waals surface area contributed by atoms with Crippen LogP contribution in [0.25, 0.3) is 0 Å². The van der Waals surface area contributed by atoms with E-state index >= 15 is 0 Å². The molecule has 0 saturated carbocycles. The van der Waals surface area contributed by atoms with E-state index in [-0.39, 0.29) is 0 Å². The molecule has 5 aromatic carbocycles. The Morgan fingerprint density at radius 3 is 0.403 bits per heavy atom. The molecule has 0 amide bonds. The molecule has 814 valence electrons. The average Bonchev–Trinajstić information content (AvgIpc) is 0.691. The highest BCUT2D eigenvalue weighted by Crippen LogP contribution is 2.65. The van der Waals surface area contributed by atoms with E-state index in [1.807, 2.05) is 0 Å². The predicted octanol–water partition coefficient (Wildman–Crippen LogP) is 7.66. The van der Waals surface area contributed by atoms with Gasteiger partial charge in [-0.05, 0) is 148 Å². The van der Waals surface area contributed by atoms with Crippen molar-refractivity contribution in [3.8, 4) is 0 Å². The van der Waals surface area contributed by atoms with Crippen molar-refractivity contribution in [2.45, 2.75) is 268 Å². The standard InChI is InChI=1S/5C11H16I.C8HF17O3S.C4HF9O3S.C3HF7O3S.C2HF5O3S.CHF3O3S/c5*1-4-11(2,3)9-5-7-10(12)8-6-9;9-1(10,3(13,14)5(17,18)7(21,22)23)2(11,12)4(15,16)6(19,20)8(24,25)29(26,27)28;5-1(6,3(9,10)11)2(7,8)4(12,13)17(14,15)16;4-1(5,2(6,7)8)3(9,10)14(11,12)13;3-1(4,5)2(6,7)11(8,9)10;2-1(3,4)8(5,6)7/h5*5-8,12H,4H2,1-3H3;(H,26,27,28);(H,14,15,16);(H,11,12,13);(H,8,9,10);(H,5,6,7)/q5*+1;;;;;/p-5. The third-order valence-corrected chi connectivity index (χ3v) is 27.0. The van der Waals surface area contributed by atoms with Gasteiger partial charge in [-0.3, -0.25) is 0 Å². The summed E-state index contributed by atoms with van der Waals surface area (Å²) < 4.78 is 638. The Morgan fingerprint density at radius 2 is 0.302 bits per heavy atom. The number of alkyl halides is 41. The SMILES string of the molecule is CCC(C)(C)c1ccc([IH+])cc1.CCC(C)(C)c1ccc([IH+])cc1.CCC(C)(C)c1ccc([IH+])cc1.CCC(C)(C)c1ccc([IH+])cc1.CCC(C)(C)c1ccc([IH+])cc1.O=S(=O)([O-])C(F)(F)C(F)(F)C(F)(F)C(F)(F)C(F)(F)C(F)(F)C(F)(F)C(F)(F)F.O=S(=O)([O-])C(F)(F)C(F)(F)C(F)(F)C(F)(F)F.O=S(=O)([O-])C(F)(F)C(F)(F)C(F)(F)F.O=S(=O)([O-])C(F)(F)C(F)(F)F.O=S(=O)([O-])C(F)(F)F. The molecule has 0 bridgehead atoms. The van der Waals surface area contributed by atoms with Crippen LogP contribution in [0.2, 0.25) is 0 Å². The highest BCUT2D eigenvalue weighted by Gasteiger charge is 2.96. The van der Waals surface area contributed by atoms with Crippen LogP contribution in [0.5, 0.6) is 0 Å². The second-order valence-corrected chi connectivity index (χ2v) is 44.5. The van der Waals surface area contributed by atoms with E-state index in [4.69, 9.17) is 13.0 Å². The van der Waals surface area contributed by atoms with Gasteiger partial charge < -0.3 is 22.8 Å². The Bertz CT molecular complexity index is 4940. The van der Waals surface area contributed by atoms with Crippen LogP contribution in [0.3, 0.4) is 0 Å². The van der Waals surface area contributed by atoms with Gasteiger partial charge in [-0.1, -0.05) is 165 Å². The summed E-state index contributed by atoms with van der Waals surface area (Å²) in [5.41, 5.74) is 3.20. The number of halogens is 46. The zero-order valence-corrected chi connectivity index (χ0v) is 88.0. The summed E-state index contributed by atoms with van der Waals surface area (Å²) in [6.45, 7) is 34.1. The molecule has 5 rings (SSSR count). The lowest BCUT2D eigenvalue weighted by Gasteiger charge is -2.42. The molecule has 66 heteroatoms. The van der Waals surface area contributed by atoms with Crippen molar-refractivity contribution in [2.24, 2.45) is 0 Å². The number of benzene rings is 5. The molecule has 0 aliphatic rings. The monoisotopic (exact) mass is 2770 g/mol. The minimum Gasteiger partial charge on any atom is -0.743 e. The van der Waals surface area contributed by atoms with Crippen LogP contribution in [-0.4, -0.2) is 169 Å². The second-order valence-electron chi connectivity index (χ2n) is 30.8. The number of hydrogen-bond acceptors (Lipinski definition) is 15. The highest BCUT2D eigenvalue weighted by molar-refractivity contribution is 7.87. The summed E-state index contributed by atoms with van der Waals surface area (Å²) >= 11 is 10.3. The zero-order chi connectivity index (χ0) is 113. The summed E-state index contributed by atoms with van der Waals surface area (Å²) in [4.78, 5) is 0. The van der Waals surface area contributed by atoms with Crippen LogP contribution in [0, 0.1) is 17.9 Å². The first-order valence-electron chi connectivity index (χ1n) is 36.2. The fraction of sp³-hybridized carbons (Fsp3) is 0.589. The molecule has 0 N–H and O–H groups in total. The number of rotatable bonds is 23. The minimum absolute atomic E-state index is 0.328. The van der Waals surface area contributed by atoms with Crippen LogP contribution in [-0.2, 0) is 77.7 Å². The van der Waals surface area contributed by atoms with Gasteiger partial charge in [0.25, 0.3) is 113 Å². The fourth-order valence-corrected chi connectivity index (χ4v) is 11.4. The summed E-state index contributed by atoms with van der Waals surface area (Å²) in [6.07, 6.45) is -22.3. The van der Waals surface area contributed by atoms with Crippen LogP contribution in [0.1, 0.15) is 164 Å². The molecular weight excluding hydrogens is 2690 g/mol. The molecule has 139 heavy (non-hydrogen) atoms. The van der Waals surface area contributed by atoms with Crippen molar-refractivity contribution in [1.29, 1.82) is 0 Å². The largest absolute Gasteiger partial charge is 0.743 e. The second kappa shape index (κ2) is 49.7. The molecule has 0 spiro atoms. The Labute approximate surface area is 836 Å². The predicted molar refractivity (Wildman–Crippen MR) is 392 cm³/mol. The van der Waals surface area contributed by atoms with Gasteiger partial charge in [0.15, 0.2) is 68.4 Å². The van der Waals surface area contributed by atoms with Gasteiger partial charge in [0.05, 0.1) is 0 Å². The van der Waals surface area contributed by atoms with Crippen molar-refractivity contribution in [3.05, 3.63) is 167 Å². The molecule has 15 nitrogen and oxygen atoms in total. The van der Waals surface area contributed by atoms with E-state index in [2.05, 4.69) is 338 Å². The molecule has 0 fully saturated rings. The Hall–Kier alpha value is -3.57.